The molecular formula is C24H51NO7P+. The Morgan fingerprint density at radius 1 is 0.848 bits per heavy atom. The maximum absolute atomic E-state index is 12.0. The molecule has 0 aromatic carbocycles. The van der Waals surface area contributed by atoms with Gasteiger partial charge in [0.15, 0.2) is 0 Å². The molecule has 0 aromatic heterocycles. The van der Waals surface area contributed by atoms with Gasteiger partial charge in [0.1, 0.15) is 19.3 Å². The van der Waals surface area contributed by atoms with Gasteiger partial charge < -0.3 is 19.2 Å². The van der Waals surface area contributed by atoms with Crippen molar-refractivity contribution in [2.24, 2.45) is 0 Å². The van der Waals surface area contributed by atoms with Crippen molar-refractivity contribution in [1.29, 1.82) is 0 Å². The molecule has 33 heavy (non-hydrogen) atoms. The molecule has 9 heteroatoms. The molecule has 0 saturated carbocycles. The molecule has 1 unspecified atom stereocenters. The number of esters is 1. The topological polar surface area (TPSA) is 102 Å². The summed E-state index contributed by atoms with van der Waals surface area (Å²) >= 11 is 0. The average Bonchev–Trinajstić information content (AvgIpc) is 2.73. The van der Waals surface area contributed by atoms with Gasteiger partial charge >= 0.3 is 13.8 Å². The van der Waals surface area contributed by atoms with E-state index in [1.807, 2.05) is 21.1 Å². The summed E-state index contributed by atoms with van der Waals surface area (Å²) in [6, 6.07) is 0. The van der Waals surface area contributed by atoms with E-state index in [0.29, 0.717) is 11.0 Å². The average molecular weight is 497 g/mol. The van der Waals surface area contributed by atoms with Crippen molar-refractivity contribution < 1.29 is 37.6 Å². The summed E-state index contributed by atoms with van der Waals surface area (Å²) in [6.07, 6.45) is 15.3. The van der Waals surface area contributed by atoms with Crippen LogP contribution in [0.1, 0.15) is 96.8 Å². The van der Waals surface area contributed by atoms with E-state index in [0.717, 1.165) is 19.3 Å². The number of unbranched alkanes of at least 4 members (excludes halogenated alkanes) is 12. The normalized spacial score (nSPS) is 14.7. The summed E-state index contributed by atoms with van der Waals surface area (Å²) in [6.45, 7) is 1.96. The molecule has 8 nitrogen and oxygen atoms in total. The number of aliphatic hydroxyl groups is 1. The number of phosphoric acid groups is 1. The Labute approximate surface area is 202 Å². The lowest BCUT2D eigenvalue weighted by molar-refractivity contribution is -0.870. The summed E-state index contributed by atoms with van der Waals surface area (Å²) in [5.74, 6) is -0.431. The Balaban J connectivity index is 3.74. The van der Waals surface area contributed by atoms with E-state index in [4.69, 9.17) is 13.8 Å². The fraction of sp³-hybridized carbons (Fsp3) is 0.958. The highest BCUT2D eigenvalue weighted by Crippen LogP contribution is 2.43. The number of aliphatic hydroxyl groups excluding tert-OH is 1. The minimum absolute atomic E-state index is 0.0555. The zero-order valence-corrected chi connectivity index (χ0v) is 22.5. The highest BCUT2D eigenvalue weighted by molar-refractivity contribution is 7.47. The van der Waals surface area contributed by atoms with Gasteiger partial charge in [0, 0.05) is 6.42 Å². The molecule has 0 aliphatic heterocycles. The molecule has 0 rings (SSSR count). The second kappa shape index (κ2) is 19.8. The molecule has 0 radical (unpaired) electrons. The Bertz CT molecular complexity index is 525. The number of likely N-dealkylation sites (N-methyl/N-ethyl adjacent to an activating group) is 1. The van der Waals surface area contributed by atoms with Crippen molar-refractivity contribution >= 4 is 13.8 Å². The van der Waals surface area contributed by atoms with E-state index in [1.165, 1.54) is 64.2 Å². The number of carbonyl (C=O) groups excluding carboxylic acids is 1. The molecule has 0 bridgehead atoms. The number of ether oxygens (including phenoxy) is 1. The first-order valence-electron chi connectivity index (χ1n) is 12.8. The Hall–Kier alpha value is -0.500. The van der Waals surface area contributed by atoms with Gasteiger partial charge in [-0.25, -0.2) is 4.57 Å². The quantitative estimate of drug-likeness (QED) is 0.0866. The number of phosphoric ester groups is 1. The van der Waals surface area contributed by atoms with Crippen LogP contribution in [0.5, 0.6) is 0 Å². The second-order valence-corrected chi connectivity index (χ2v) is 11.4. The van der Waals surface area contributed by atoms with Gasteiger partial charge in [0.2, 0.25) is 0 Å². The van der Waals surface area contributed by atoms with Gasteiger partial charge in [-0.3, -0.25) is 13.8 Å². The van der Waals surface area contributed by atoms with Crippen LogP contribution in [-0.2, 0) is 23.1 Å². The zero-order chi connectivity index (χ0) is 25.0. The lowest BCUT2D eigenvalue weighted by Gasteiger charge is -2.24. The Kier molecular flexibility index (Phi) is 19.5. The summed E-state index contributed by atoms with van der Waals surface area (Å²) in [5.41, 5.74) is 0. The molecule has 0 heterocycles. The van der Waals surface area contributed by atoms with Crippen molar-refractivity contribution in [1.82, 2.24) is 0 Å². The lowest BCUT2D eigenvalue weighted by atomic mass is 10.0. The van der Waals surface area contributed by atoms with E-state index in [-0.39, 0.29) is 19.6 Å². The third-order valence-electron chi connectivity index (χ3n) is 5.43. The Morgan fingerprint density at radius 2 is 1.33 bits per heavy atom. The summed E-state index contributed by atoms with van der Waals surface area (Å²) < 4.78 is 27.4. The molecule has 2 atom stereocenters. The molecule has 0 amide bonds. The second-order valence-electron chi connectivity index (χ2n) is 9.90. The summed E-state index contributed by atoms with van der Waals surface area (Å²) in [7, 11) is 1.55. The van der Waals surface area contributed by atoms with Crippen molar-refractivity contribution in [3.8, 4) is 0 Å². The molecule has 0 saturated heterocycles. The predicted molar refractivity (Wildman–Crippen MR) is 132 cm³/mol. The van der Waals surface area contributed by atoms with Crippen molar-refractivity contribution in [2.75, 3.05) is 47.5 Å². The third-order valence-corrected chi connectivity index (χ3v) is 6.41. The molecule has 0 aliphatic rings. The van der Waals surface area contributed by atoms with Gasteiger partial charge in [0.25, 0.3) is 0 Å². The van der Waals surface area contributed by atoms with Crippen LogP contribution < -0.4 is 0 Å². The van der Waals surface area contributed by atoms with E-state index < -0.39 is 26.5 Å². The van der Waals surface area contributed by atoms with Gasteiger partial charge in [-0.1, -0.05) is 84.0 Å². The van der Waals surface area contributed by atoms with E-state index in [1.54, 1.807) is 0 Å². The van der Waals surface area contributed by atoms with Crippen LogP contribution in [0.2, 0.25) is 0 Å². The number of carbonyl (C=O) groups is 1. The molecule has 0 spiro atoms. The zero-order valence-electron chi connectivity index (χ0n) is 21.6. The monoisotopic (exact) mass is 496 g/mol. The first kappa shape index (κ1) is 32.5. The summed E-state index contributed by atoms with van der Waals surface area (Å²) in [4.78, 5) is 21.7. The highest BCUT2D eigenvalue weighted by Gasteiger charge is 2.25. The fourth-order valence-electron chi connectivity index (χ4n) is 3.30. The van der Waals surface area contributed by atoms with Crippen LogP contribution in [0.25, 0.3) is 0 Å². The van der Waals surface area contributed by atoms with E-state index in [9.17, 15) is 19.4 Å². The first-order chi connectivity index (χ1) is 15.6. The number of quaternary nitrogens is 1. The molecular weight excluding hydrogens is 445 g/mol. The number of nitrogens with zero attached hydrogens (tertiary/aromatic N) is 1. The number of rotatable bonds is 23. The van der Waals surface area contributed by atoms with Gasteiger partial charge in [-0.15, -0.1) is 0 Å². The van der Waals surface area contributed by atoms with Gasteiger partial charge in [-0.05, 0) is 6.42 Å². The summed E-state index contributed by atoms with van der Waals surface area (Å²) in [5, 5.41) is 9.37. The predicted octanol–water partition coefficient (Wildman–Crippen LogP) is 5.21. The molecule has 0 fully saturated rings. The number of hydrogen-bond acceptors (Lipinski definition) is 6. The standard InChI is InChI=1S/C24H50NO7P/c1-5-6-7-8-9-10-11-12-13-14-15-16-17-18-24(27)32-23(21-26)22-31-33(28,29)30-20-19-25(2,3)4/h23,26H,5-22H2,1-4H3/p+1/t23-/m1/s1. The van der Waals surface area contributed by atoms with Crippen LogP contribution in [0.4, 0.5) is 0 Å². The van der Waals surface area contributed by atoms with Crippen LogP contribution in [-0.4, -0.2) is 74.1 Å². The van der Waals surface area contributed by atoms with Gasteiger partial charge in [-0.2, -0.15) is 0 Å². The van der Waals surface area contributed by atoms with Crippen molar-refractivity contribution in [3.63, 3.8) is 0 Å². The van der Waals surface area contributed by atoms with Crippen molar-refractivity contribution in [3.05, 3.63) is 0 Å². The number of hydrogen-bond donors (Lipinski definition) is 2. The SMILES string of the molecule is CCCCCCCCCCCCCCCC(=O)O[C@H](CO)COP(=O)(O)OCC[N+](C)(C)C. The maximum Gasteiger partial charge on any atom is 0.472 e. The van der Waals surface area contributed by atoms with E-state index >= 15 is 0 Å². The van der Waals surface area contributed by atoms with Crippen LogP contribution in [0, 0.1) is 0 Å². The smallest absolute Gasteiger partial charge is 0.457 e. The molecule has 0 aromatic rings. The minimum atomic E-state index is -4.25. The minimum Gasteiger partial charge on any atom is -0.457 e. The van der Waals surface area contributed by atoms with Crippen LogP contribution in [0.15, 0.2) is 0 Å². The molecule has 2 N–H and O–H groups in total. The molecule has 198 valence electrons. The largest absolute Gasteiger partial charge is 0.472 e. The highest BCUT2D eigenvalue weighted by atomic mass is 31.2. The van der Waals surface area contributed by atoms with Crippen LogP contribution >= 0.6 is 7.82 Å². The van der Waals surface area contributed by atoms with Gasteiger partial charge in [0.05, 0.1) is 34.4 Å². The van der Waals surface area contributed by atoms with Crippen LogP contribution in [0.3, 0.4) is 0 Å². The maximum atomic E-state index is 12.0. The molecule has 0 aliphatic carbocycles. The van der Waals surface area contributed by atoms with E-state index in [2.05, 4.69) is 6.92 Å². The van der Waals surface area contributed by atoms with Crippen molar-refractivity contribution in [2.45, 2.75) is 103 Å². The fourth-order valence-corrected chi connectivity index (χ4v) is 4.04. The Morgan fingerprint density at radius 3 is 1.79 bits per heavy atom. The lowest BCUT2D eigenvalue weighted by Crippen LogP contribution is -2.37. The third kappa shape index (κ3) is 23.0. The first-order valence-corrected chi connectivity index (χ1v) is 14.3.